The van der Waals surface area contributed by atoms with Crippen molar-refractivity contribution < 1.29 is 80.2 Å². The smallest absolute Gasteiger partial charge is 0.462 e. The monoisotopic (exact) mass is 1310 g/mol. The summed E-state index contributed by atoms with van der Waals surface area (Å²) in [6.07, 6.45) is 41.8. The van der Waals surface area contributed by atoms with Crippen LogP contribution in [0.4, 0.5) is 0 Å². The van der Waals surface area contributed by atoms with Gasteiger partial charge in [-0.3, -0.25) is 37.3 Å². The van der Waals surface area contributed by atoms with Crippen molar-refractivity contribution in [3.63, 3.8) is 0 Å². The number of aliphatic hydroxyl groups excluding tert-OH is 1. The molecule has 0 aliphatic rings. The lowest BCUT2D eigenvalue weighted by atomic mass is 10.00. The SMILES string of the molecule is CCC(C)CCCCCCCCC(=O)OC[C@H](COP(=O)(O)OC[C@H](O)COP(=O)(O)OC[C@@H](COC(=O)CCCCCCCCCC(C)C)OC(=O)CCCCCCCCCCCCCCCCC(C)C)OC(=O)CCCCCCCCCCCC(C)C. The lowest BCUT2D eigenvalue weighted by Crippen LogP contribution is -2.30. The number of hydrogen-bond acceptors (Lipinski definition) is 15. The molecule has 3 unspecified atom stereocenters. The van der Waals surface area contributed by atoms with Crippen LogP contribution in [0.15, 0.2) is 0 Å². The van der Waals surface area contributed by atoms with Crippen molar-refractivity contribution in [2.75, 3.05) is 39.6 Å². The molecule has 0 saturated heterocycles. The number of ether oxygens (including phenoxy) is 4. The van der Waals surface area contributed by atoms with Gasteiger partial charge in [-0.15, -0.1) is 0 Å². The molecule has 0 rings (SSSR count). The summed E-state index contributed by atoms with van der Waals surface area (Å²) in [5, 5.41) is 10.6. The van der Waals surface area contributed by atoms with E-state index < -0.39 is 97.5 Å². The van der Waals surface area contributed by atoms with Gasteiger partial charge in [0.15, 0.2) is 12.2 Å². The van der Waals surface area contributed by atoms with E-state index in [1.165, 1.54) is 135 Å². The highest BCUT2D eigenvalue weighted by atomic mass is 31.2. The second kappa shape index (κ2) is 59.8. The van der Waals surface area contributed by atoms with Crippen LogP contribution in [-0.2, 0) is 65.4 Å². The summed E-state index contributed by atoms with van der Waals surface area (Å²) in [6.45, 7) is 14.1. The number of rotatable bonds is 67. The third-order valence-electron chi connectivity index (χ3n) is 16.4. The first-order valence-electron chi connectivity index (χ1n) is 36.2. The normalized spacial score (nSPS) is 14.6. The fourth-order valence-electron chi connectivity index (χ4n) is 10.5. The van der Waals surface area contributed by atoms with Crippen molar-refractivity contribution >= 4 is 39.5 Å². The minimum Gasteiger partial charge on any atom is -0.462 e. The second-order valence-electron chi connectivity index (χ2n) is 26.9. The van der Waals surface area contributed by atoms with Gasteiger partial charge in [-0.25, -0.2) is 9.13 Å². The molecule has 0 saturated carbocycles. The third-order valence-corrected chi connectivity index (χ3v) is 18.3. The van der Waals surface area contributed by atoms with Gasteiger partial charge in [-0.2, -0.15) is 0 Å². The van der Waals surface area contributed by atoms with Crippen LogP contribution in [0.3, 0.4) is 0 Å². The molecule has 0 spiro atoms. The molecule has 0 aromatic rings. The molecule has 0 aliphatic heterocycles. The van der Waals surface area contributed by atoms with Gasteiger partial charge in [0.05, 0.1) is 26.4 Å². The first-order chi connectivity index (χ1) is 42.6. The summed E-state index contributed by atoms with van der Waals surface area (Å²) in [6, 6.07) is 0. The maximum absolute atomic E-state index is 13.0. The topological polar surface area (TPSA) is 237 Å². The maximum atomic E-state index is 13.0. The predicted octanol–water partition coefficient (Wildman–Crippen LogP) is 19.7. The summed E-state index contributed by atoms with van der Waals surface area (Å²) in [5.41, 5.74) is 0. The summed E-state index contributed by atoms with van der Waals surface area (Å²) >= 11 is 0. The lowest BCUT2D eigenvalue weighted by molar-refractivity contribution is -0.161. The molecule has 89 heavy (non-hydrogen) atoms. The van der Waals surface area contributed by atoms with E-state index in [0.29, 0.717) is 31.6 Å². The Morgan fingerprint density at radius 2 is 0.539 bits per heavy atom. The van der Waals surface area contributed by atoms with E-state index in [0.717, 1.165) is 120 Å². The highest BCUT2D eigenvalue weighted by molar-refractivity contribution is 7.47. The number of phosphoric ester groups is 2. The number of carbonyl (C=O) groups excluding carboxylic acids is 4. The van der Waals surface area contributed by atoms with E-state index in [1.807, 2.05) is 0 Å². The molecule has 0 aromatic heterocycles. The lowest BCUT2D eigenvalue weighted by Gasteiger charge is -2.21. The molecule has 0 fully saturated rings. The summed E-state index contributed by atoms with van der Waals surface area (Å²) in [7, 11) is -9.90. The van der Waals surface area contributed by atoms with Gasteiger partial charge in [0, 0.05) is 25.7 Å². The number of phosphoric acid groups is 2. The van der Waals surface area contributed by atoms with Crippen molar-refractivity contribution in [1.82, 2.24) is 0 Å². The average molecular weight is 1310 g/mol. The minimum absolute atomic E-state index is 0.104. The first kappa shape index (κ1) is 87.1. The zero-order valence-corrected chi connectivity index (χ0v) is 59.8. The molecular formula is C70H136O17P2. The molecular weight excluding hydrogens is 1170 g/mol. The van der Waals surface area contributed by atoms with Crippen LogP contribution in [0.1, 0.15) is 344 Å². The first-order valence-corrected chi connectivity index (χ1v) is 39.2. The Bertz CT molecular complexity index is 1770. The zero-order valence-electron chi connectivity index (χ0n) is 58.1. The summed E-state index contributed by atoms with van der Waals surface area (Å²) in [5.74, 6) is 0.836. The highest BCUT2D eigenvalue weighted by Crippen LogP contribution is 2.45. The van der Waals surface area contributed by atoms with Crippen LogP contribution in [0.25, 0.3) is 0 Å². The van der Waals surface area contributed by atoms with E-state index in [2.05, 4.69) is 55.4 Å². The molecule has 0 aromatic carbocycles. The predicted molar refractivity (Wildman–Crippen MR) is 358 cm³/mol. The van der Waals surface area contributed by atoms with Gasteiger partial charge >= 0.3 is 39.5 Å². The Morgan fingerprint density at radius 1 is 0.315 bits per heavy atom. The molecule has 3 N–H and O–H groups in total. The van der Waals surface area contributed by atoms with Crippen LogP contribution in [0, 0.1) is 23.7 Å². The Labute approximate surface area is 543 Å². The Morgan fingerprint density at radius 3 is 0.798 bits per heavy atom. The molecule has 0 heterocycles. The Balaban J connectivity index is 5.23. The van der Waals surface area contributed by atoms with E-state index in [4.69, 9.17) is 37.0 Å². The quantitative estimate of drug-likeness (QED) is 0.0222. The van der Waals surface area contributed by atoms with Crippen molar-refractivity contribution in [3.8, 4) is 0 Å². The zero-order chi connectivity index (χ0) is 66.1. The highest BCUT2D eigenvalue weighted by Gasteiger charge is 2.30. The standard InChI is InChI=1S/C70H136O17P2/c1-9-63(8)49-41-33-28-29-35-43-51-68(73)81-57-66(87-70(75)53-45-37-26-20-16-18-23-31-39-47-61(4)5)59-85-89(78,79)83-55-64(71)54-82-88(76,77)84-58-65(56-80-67(72)50-42-34-27-21-24-32-40-48-62(6)7)86-69(74)52-44-36-25-19-15-13-11-10-12-14-17-22-30-38-46-60(2)3/h60-66,71H,9-59H2,1-8H3,(H,76,77)(H,78,79)/t63?,64-,65-,66-/m1/s1. The fraction of sp³-hybridized carbons (Fsp3) is 0.943. The van der Waals surface area contributed by atoms with Crippen LogP contribution in [-0.4, -0.2) is 96.7 Å². The number of unbranched alkanes of at least 4 members (excludes halogenated alkanes) is 32. The molecule has 17 nitrogen and oxygen atoms in total. The van der Waals surface area contributed by atoms with Crippen molar-refractivity contribution in [3.05, 3.63) is 0 Å². The number of hydrogen-bond donors (Lipinski definition) is 3. The Kier molecular flexibility index (Phi) is 58.5. The van der Waals surface area contributed by atoms with E-state index in [9.17, 15) is 43.2 Å². The van der Waals surface area contributed by atoms with Gasteiger partial charge in [0.2, 0.25) is 0 Å². The van der Waals surface area contributed by atoms with E-state index in [-0.39, 0.29) is 25.7 Å². The van der Waals surface area contributed by atoms with Gasteiger partial charge in [0.1, 0.15) is 19.3 Å². The molecule has 0 aliphatic carbocycles. The van der Waals surface area contributed by atoms with Crippen LogP contribution >= 0.6 is 15.6 Å². The van der Waals surface area contributed by atoms with Gasteiger partial charge < -0.3 is 33.8 Å². The molecule has 528 valence electrons. The van der Waals surface area contributed by atoms with E-state index >= 15 is 0 Å². The maximum Gasteiger partial charge on any atom is 0.472 e. The van der Waals surface area contributed by atoms with Crippen LogP contribution in [0.5, 0.6) is 0 Å². The third kappa shape index (κ3) is 63.2. The molecule has 19 heteroatoms. The van der Waals surface area contributed by atoms with E-state index in [1.54, 1.807) is 0 Å². The fourth-order valence-corrected chi connectivity index (χ4v) is 12.0. The summed E-state index contributed by atoms with van der Waals surface area (Å²) in [4.78, 5) is 72.5. The molecule has 0 amide bonds. The molecule has 6 atom stereocenters. The van der Waals surface area contributed by atoms with Gasteiger partial charge in [-0.1, -0.05) is 293 Å². The summed E-state index contributed by atoms with van der Waals surface area (Å²) < 4.78 is 68.2. The number of carbonyl (C=O) groups is 4. The largest absolute Gasteiger partial charge is 0.472 e. The van der Waals surface area contributed by atoms with Crippen LogP contribution in [0.2, 0.25) is 0 Å². The van der Waals surface area contributed by atoms with Crippen LogP contribution < -0.4 is 0 Å². The van der Waals surface area contributed by atoms with Crippen molar-refractivity contribution in [2.24, 2.45) is 23.7 Å². The number of esters is 4. The van der Waals surface area contributed by atoms with Gasteiger partial charge in [0.25, 0.3) is 0 Å². The van der Waals surface area contributed by atoms with Crippen molar-refractivity contribution in [2.45, 2.75) is 363 Å². The molecule has 0 bridgehead atoms. The molecule has 0 radical (unpaired) electrons. The Hall–Kier alpha value is -1.94. The minimum atomic E-state index is -4.95. The number of aliphatic hydroxyl groups is 1. The second-order valence-corrected chi connectivity index (χ2v) is 29.8. The van der Waals surface area contributed by atoms with Crippen molar-refractivity contribution in [1.29, 1.82) is 0 Å². The van der Waals surface area contributed by atoms with Gasteiger partial charge in [-0.05, 0) is 49.4 Å². The average Bonchev–Trinajstić information content (AvgIpc) is 3.56.